The van der Waals surface area contributed by atoms with E-state index in [4.69, 9.17) is 9.47 Å². The fourth-order valence-electron chi connectivity index (χ4n) is 2.45. The van der Waals surface area contributed by atoms with Gasteiger partial charge >= 0.3 is 0 Å². The number of hydrogen-bond acceptors (Lipinski definition) is 5. The summed E-state index contributed by atoms with van der Waals surface area (Å²) in [6.45, 7) is 2.90. The van der Waals surface area contributed by atoms with Crippen LogP contribution in [0.4, 0.5) is 5.69 Å². The van der Waals surface area contributed by atoms with E-state index < -0.39 is 0 Å². The summed E-state index contributed by atoms with van der Waals surface area (Å²) in [4.78, 5) is 24.9. The number of carbonyl (C=O) groups is 2. The summed E-state index contributed by atoms with van der Waals surface area (Å²) in [5.41, 5.74) is 1.67. The van der Waals surface area contributed by atoms with Crippen LogP contribution < -0.4 is 20.1 Å². The Morgan fingerprint density at radius 1 is 1.07 bits per heavy atom. The van der Waals surface area contributed by atoms with Crippen LogP contribution in [0.2, 0.25) is 0 Å². The lowest BCUT2D eigenvalue weighted by Gasteiger charge is -2.18. The van der Waals surface area contributed by atoms with Crippen molar-refractivity contribution in [2.24, 2.45) is 0 Å². The van der Waals surface area contributed by atoms with E-state index in [0.29, 0.717) is 19.0 Å². The lowest BCUT2D eigenvalue weighted by molar-refractivity contribution is -0.122. The average molecular weight is 451 g/mol. The molecule has 2 amide bonds. The maximum Gasteiger partial charge on any atom is 0.243 e. The van der Waals surface area contributed by atoms with Gasteiger partial charge in [0, 0.05) is 15.1 Å². The van der Waals surface area contributed by atoms with Crippen molar-refractivity contribution in [2.75, 3.05) is 30.8 Å². The maximum absolute atomic E-state index is 12.0. The predicted molar refractivity (Wildman–Crippen MR) is 109 cm³/mol. The van der Waals surface area contributed by atoms with Crippen molar-refractivity contribution in [3.8, 4) is 11.5 Å². The van der Waals surface area contributed by atoms with E-state index in [9.17, 15) is 9.59 Å². The summed E-state index contributed by atoms with van der Waals surface area (Å²) in [5.74, 6) is 1.14. The van der Waals surface area contributed by atoms with E-state index in [2.05, 4.69) is 26.6 Å². The minimum Gasteiger partial charge on any atom is -0.486 e. The Kier molecular flexibility index (Phi) is 6.63. The van der Waals surface area contributed by atoms with E-state index in [0.717, 1.165) is 26.4 Å². The normalized spacial score (nSPS) is 12.4. The highest BCUT2D eigenvalue weighted by molar-refractivity contribution is 9.10. The van der Waals surface area contributed by atoms with Crippen molar-refractivity contribution in [1.29, 1.82) is 0 Å². The quantitative estimate of drug-likeness (QED) is 0.659. The molecular formula is C19H19BrN2O4S. The van der Waals surface area contributed by atoms with Crippen LogP contribution in [-0.4, -0.2) is 37.3 Å². The highest BCUT2D eigenvalue weighted by atomic mass is 79.9. The second-order valence-electron chi connectivity index (χ2n) is 5.88. The first-order chi connectivity index (χ1) is 13.0. The standard InChI is InChI=1S/C19H19BrN2O4S/c1-12-8-13(20)2-4-15(12)22-18(23)10-21-19(24)11-27-14-3-5-16-17(9-14)26-7-6-25-16/h2-5,8-9H,6-7,10-11H2,1H3,(H,21,24)(H,22,23). The Bertz CT molecular complexity index is 860. The first-order valence-corrected chi connectivity index (χ1v) is 10.1. The van der Waals surface area contributed by atoms with Gasteiger partial charge in [0.1, 0.15) is 13.2 Å². The van der Waals surface area contributed by atoms with Gasteiger partial charge in [-0.2, -0.15) is 0 Å². The molecule has 0 spiro atoms. The molecule has 0 atom stereocenters. The Morgan fingerprint density at radius 3 is 2.63 bits per heavy atom. The van der Waals surface area contributed by atoms with Gasteiger partial charge in [-0.25, -0.2) is 0 Å². The number of anilines is 1. The molecule has 142 valence electrons. The molecule has 6 nitrogen and oxygen atoms in total. The molecule has 0 unspecified atom stereocenters. The first-order valence-electron chi connectivity index (χ1n) is 8.36. The van der Waals surface area contributed by atoms with Gasteiger partial charge < -0.3 is 20.1 Å². The molecule has 0 radical (unpaired) electrons. The summed E-state index contributed by atoms with van der Waals surface area (Å²) in [7, 11) is 0. The molecule has 2 aromatic carbocycles. The molecule has 3 rings (SSSR count). The van der Waals surface area contributed by atoms with Crippen molar-refractivity contribution in [3.63, 3.8) is 0 Å². The van der Waals surface area contributed by atoms with E-state index >= 15 is 0 Å². The van der Waals surface area contributed by atoms with Crippen LogP contribution in [0, 0.1) is 6.92 Å². The number of amides is 2. The van der Waals surface area contributed by atoms with Crippen LogP contribution in [-0.2, 0) is 9.59 Å². The topological polar surface area (TPSA) is 76.7 Å². The number of hydrogen-bond donors (Lipinski definition) is 2. The van der Waals surface area contributed by atoms with Crippen molar-refractivity contribution in [3.05, 3.63) is 46.4 Å². The number of benzene rings is 2. The largest absolute Gasteiger partial charge is 0.486 e. The molecule has 0 saturated carbocycles. The molecule has 8 heteroatoms. The van der Waals surface area contributed by atoms with Crippen molar-refractivity contribution in [2.45, 2.75) is 11.8 Å². The molecule has 0 aliphatic carbocycles. The highest BCUT2D eigenvalue weighted by Gasteiger charge is 2.13. The molecule has 1 heterocycles. The van der Waals surface area contributed by atoms with Crippen LogP contribution in [0.25, 0.3) is 0 Å². The number of rotatable bonds is 6. The number of nitrogens with one attached hydrogen (secondary N) is 2. The third kappa shape index (κ3) is 5.64. The van der Waals surface area contributed by atoms with Gasteiger partial charge in [-0.3, -0.25) is 9.59 Å². The lowest BCUT2D eigenvalue weighted by atomic mass is 10.2. The second kappa shape index (κ2) is 9.14. The molecular weight excluding hydrogens is 432 g/mol. The van der Waals surface area contributed by atoms with Gasteiger partial charge in [-0.05, 0) is 48.9 Å². The Labute approximate surface area is 170 Å². The van der Waals surface area contributed by atoms with Crippen LogP contribution in [0.15, 0.2) is 45.8 Å². The van der Waals surface area contributed by atoms with Crippen molar-refractivity contribution in [1.82, 2.24) is 5.32 Å². The molecule has 2 N–H and O–H groups in total. The third-order valence-electron chi connectivity index (χ3n) is 3.79. The van der Waals surface area contributed by atoms with Crippen molar-refractivity contribution < 1.29 is 19.1 Å². The molecule has 0 fully saturated rings. The van der Waals surface area contributed by atoms with Gasteiger partial charge in [0.25, 0.3) is 0 Å². The van der Waals surface area contributed by atoms with Crippen molar-refractivity contribution >= 4 is 45.2 Å². The van der Waals surface area contributed by atoms with Gasteiger partial charge in [0.2, 0.25) is 11.8 Å². The third-order valence-corrected chi connectivity index (χ3v) is 5.28. The van der Waals surface area contributed by atoms with Crippen LogP contribution in [0.1, 0.15) is 5.56 Å². The monoisotopic (exact) mass is 450 g/mol. The van der Waals surface area contributed by atoms with Crippen LogP contribution in [0.3, 0.4) is 0 Å². The van der Waals surface area contributed by atoms with E-state index in [1.54, 1.807) is 0 Å². The Morgan fingerprint density at radius 2 is 1.85 bits per heavy atom. The van der Waals surface area contributed by atoms with E-state index in [1.807, 2.05) is 43.3 Å². The number of halogens is 1. The molecule has 1 aliphatic rings. The zero-order valence-corrected chi connectivity index (χ0v) is 17.1. The minimum atomic E-state index is -0.266. The fourth-order valence-corrected chi connectivity index (χ4v) is 3.68. The van der Waals surface area contributed by atoms with E-state index in [1.165, 1.54) is 11.8 Å². The SMILES string of the molecule is Cc1cc(Br)ccc1NC(=O)CNC(=O)CSc1ccc2c(c1)OCCO2. The summed E-state index contributed by atoms with van der Waals surface area (Å²) in [5, 5.41) is 5.42. The summed E-state index contributed by atoms with van der Waals surface area (Å²) in [6, 6.07) is 11.2. The van der Waals surface area contributed by atoms with Gasteiger partial charge in [0.15, 0.2) is 11.5 Å². The number of thioether (sulfide) groups is 1. The zero-order valence-electron chi connectivity index (χ0n) is 14.7. The molecule has 2 aromatic rings. The number of aryl methyl sites for hydroxylation is 1. The number of carbonyl (C=O) groups excluding carboxylic acids is 2. The summed E-state index contributed by atoms with van der Waals surface area (Å²) in [6.07, 6.45) is 0. The van der Waals surface area contributed by atoms with Gasteiger partial charge in [0.05, 0.1) is 12.3 Å². The number of ether oxygens (including phenoxy) is 2. The molecule has 0 saturated heterocycles. The number of fused-ring (bicyclic) bond motifs is 1. The second-order valence-corrected chi connectivity index (χ2v) is 7.84. The predicted octanol–water partition coefficient (Wildman–Crippen LogP) is 3.38. The van der Waals surface area contributed by atoms with Gasteiger partial charge in [-0.1, -0.05) is 15.9 Å². The summed E-state index contributed by atoms with van der Waals surface area (Å²) < 4.78 is 11.9. The maximum atomic E-state index is 12.0. The molecule has 1 aliphatic heterocycles. The van der Waals surface area contributed by atoms with E-state index in [-0.39, 0.29) is 24.1 Å². The zero-order chi connectivity index (χ0) is 19.2. The fraction of sp³-hybridized carbons (Fsp3) is 0.263. The highest BCUT2D eigenvalue weighted by Crippen LogP contribution is 2.34. The van der Waals surface area contributed by atoms with Gasteiger partial charge in [-0.15, -0.1) is 11.8 Å². The van der Waals surface area contributed by atoms with Crippen LogP contribution >= 0.6 is 27.7 Å². The van der Waals surface area contributed by atoms with Crippen LogP contribution in [0.5, 0.6) is 11.5 Å². The smallest absolute Gasteiger partial charge is 0.243 e. The molecule has 0 bridgehead atoms. The molecule has 27 heavy (non-hydrogen) atoms. The lowest BCUT2D eigenvalue weighted by Crippen LogP contribution is -2.34. The summed E-state index contributed by atoms with van der Waals surface area (Å²) >= 11 is 4.76. The minimum absolute atomic E-state index is 0.0734. The average Bonchev–Trinajstić information content (AvgIpc) is 2.67. The Hall–Kier alpha value is -2.19. The first kappa shape index (κ1) is 19.6. The Balaban J connectivity index is 1.43. The molecule has 0 aromatic heterocycles.